The Morgan fingerprint density at radius 1 is 1.17 bits per heavy atom. The fourth-order valence-corrected chi connectivity index (χ4v) is 1.38. The highest BCUT2D eigenvalue weighted by Gasteiger charge is 2.15. The lowest BCUT2D eigenvalue weighted by Gasteiger charge is -2.07. The van der Waals surface area contributed by atoms with E-state index in [-0.39, 0.29) is 30.0 Å². The SMILES string of the molecule is CNC(=O)CCNC(=O)c1ccccc1C(=O)O. The zero-order valence-electron chi connectivity index (χ0n) is 9.90. The molecular formula is C12H14N2O4. The summed E-state index contributed by atoms with van der Waals surface area (Å²) in [7, 11) is 1.50. The third-order valence-electron chi connectivity index (χ3n) is 2.32. The molecule has 2 amide bonds. The number of carbonyl (C=O) groups excluding carboxylic acids is 2. The van der Waals surface area contributed by atoms with Crippen LogP contribution in [0.2, 0.25) is 0 Å². The lowest BCUT2D eigenvalue weighted by molar-refractivity contribution is -0.120. The number of carbonyl (C=O) groups is 3. The van der Waals surface area contributed by atoms with Gasteiger partial charge < -0.3 is 15.7 Å². The van der Waals surface area contributed by atoms with Gasteiger partial charge >= 0.3 is 5.97 Å². The molecule has 0 spiro atoms. The van der Waals surface area contributed by atoms with Crippen molar-refractivity contribution in [2.24, 2.45) is 0 Å². The maximum absolute atomic E-state index is 11.7. The predicted octanol–water partition coefficient (Wildman–Crippen LogP) is 0.251. The Morgan fingerprint density at radius 3 is 2.33 bits per heavy atom. The van der Waals surface area contributed by atoms with Crippen molar-refractivity contribution in [3.8, 4) is 0 Å². The van der Waals surface area contributed by atoms with Gasteiger partial charge in [0.2, 0.25) is 5.91 Å². The minimum atomic E-state index is -1.16. The number of hydrogen-bond donors (Lipinski definition) is 3. The molecule has 1 rings (SSSR count). The molecule has 0 aliphatic rings. The highest BCUT2D eigenvalue weighted by molar-refractivity contribution is 6.04. The van der Waals surface area contributed by atoms with E-state index in [9.17, 15) is 14.4 Å². The zero-order valence-corrected chi connectivity index (χ0v) is 9.90. The Bertz CT molecular complexity index is 471. The van der Waals surface area contributed by atoms with Gasteiger partial charge in [0.1, 0.15) is 0 Å². The van der Waals surface area contributed by atoms with Crippen LogP contribution in [-0.2, 0) is 4.79 Å². The molecule has 0 fully saturated rings. The second-order valence-corrected chi connectivity index (χ2v) is 3.53. The summed E-state index contributed by atoms with van der Waals surface area (Å²) < 4.78 is 0. The molecule has 1 aromatic rings. The second kappa shape index (κ2) is 6.39. The topological polar surface area (TPSA) is 95.5 Å². The molecule has 0 aliphatic heterocycles. The van der Waals surface area contributed by atoms with Crippen LogP contribution in [0.5, 0.6) is 0 Å². The number of hydrogen-bond acceptors (Lipinski definition) is 3. The van der Waals surface area contributed by atoms with Crippen LogP contribution in [0.4, 0.5) is 0 Å². The second-order valence-electron chi connectivity index (χ2n) is 3.53. The molecule has 0 heterocycles. The summed E-state index contributed by atoms with van der Waals surface area (Å²) in [5.41, 5.74) is 0.0249. The number of amides is 2. The third kappa shape index (κ3) is 3.58. The summed E-state index contributed by atoms with van der Waals surface area (Å²) in [6, 6.07) is 5.92. The van der Waals surface area contributed by atoms with Crippen LogP contribution in [0, 0.1) is 0 Å². The molecule has 0 bridgehead atoms. The molecule has 0 saturated heterocycles. The highest BCUT2D eigenvalue weighted by Crippen LogP contribution is 2.08. The summed E-state index contributed by atoms with van der Waals surface area (Å²) in [5.74, 6) is -1.86. The van der Waals surface area contributed by atoms with Crippen LogP contribution in [0.15, 0.2) is 24.3 Å². The minimum Gasteiger partial charge on any atom is -0.478 e. The van der Waals surface area contributed by atoms with E-state index in [0.29, 0.717) is 0 Å². The van der Waals surface area contributed by atoms with Gasteiger partial charge in [-0.25, -0.2) is 4.79 Å². The Morgan fingerprint density at radius 2 is 1.78 bits per heavy atom. The standard InChI is InChI=1S/C12H14N2O4/c1-13-10(15)6-7-14-11(16)8-4-2-3-5-9(8)12(17)18/h2-5H,6-7H2,1H3,(H,13,15)(H,14,16)(H,17,18). The zero-order chi connectivity index (χ0) is 13.5. The largest absolute Gasteiger partial charge is 0.478 e. The molecule has 0 saturated carbocycles. The van der Waals surface area contributed by atoms with Crippen molar-refractivity contribution in [2.45, 2.75) is 6.42 Å². The smallest absolute Gasteiger partial charge is 0.336 e. The van der Waals surface area contributed by atoms with Crippen LogP contribution < -0.4 is 10.6 Å². The average Bonchev–Trinajstić information content (AvgIpc) is 2.38. The quantitative estimate of drug-likeness (QED) is 0.698. The van der Waals surface area contributed by atoms with Gasteiger partial charge in [-0.1, -0.05) is 12.1 Å². The van der Waals surface area contributed by atoms with Gasteiger partial charge in [0.25, 0.3) is 5.91 Å². The van der Waals surface area contributed by atoms with Gasteiger partial charge in [0, 0.05) is 20.0 Å². The number of aromatic carboxylic acids is 1. The van der Waals surface area contributed by atoms with E-state index in [1.807, 2.05) is 0 Å². The Hall–Kier alpha value is -2.37. The Kier molecular flexibility index (Phi) is 4.86. The van der Waals surface area contributed by atoms with Crippen molar-refractivity contribution in [2.75, 3.05) is 13.6 Å². The first-order valence-corrected chi connectivity index (χ1v) is 5.37. The maximum Gasteiger partial charge on any atom is 0.336 e. The molecule has 3 N–H and O–H groups in total. The van der Waals surface area contributed by atoms with Crippen molar-refractivity contribution in [3.05, 3.63) is 35.4 Å². The van der Waals surface area contributed by atoms with Crippen molar-refractivity contribution >= 4 is 17.8 Å². The summed E-state index contributed by atoms with van der Waals surface area (Å²) in [5, 5.41) is 13.8. The van der Waals surface area contributed by atoms with Gasteiger partial charge in [-0.05, 0) is 12.1 Å². The van der Waals surface area contributed by atoms with Gasteiger partial charge in [-0.3, -0.25) is 9.59 Å². The van der Waals surface area contributed by atoms with Crippen molar-refractivity contribution in [1.29, 1.82) is 0 Å². The molecule has 0 atom stereocenters. The summed E-state index contributed by atoms with van der Waals surface area (Å²) >= 11 is 0. The monoisotopic (exact) mass is 250 g/mol. The van der Waals surface area contributed by atoms with E-state index < -0.39 is 11.9 Å². The van der Waals surface area contributed by atoms with Crippen LogP contribution in [0.25, 0.3) is 0 Å². The number of benzene rings is 1. The van der Waals surface area contributed by atoms with Gasteiger partial charge in [-0.2, -0.15) is 0 Å². The van der Waals surface area contributed by atoms with Crippen LogP contribution >= 0.6 is 0 Å². The molecule has 18 heavy (non-hydrogen) atoms. The molecule has 0 aliphatic carbocycles. The minimum absolute atomic E-state index is 0.0602. The van der Waals surface area contributed by atoms with Crippen LogP contribution in [0.1, 0.15) is 27.1 Å². The van der Waals surface area contributed by atoms with Gasteiger partial charge in [0.05, 0.1) is 11.1 Å². The first-order valence-electron chi connectivity index (χ1n) is 5.37. The first kappa shape index (κ1) is 13.7. The average molecular weight is 250 g/mol. The number of carboxylic acid groups (broad SMARTS) is 1. The lowest BCUT2D eigenvalue weighted by Crippen LogP contribution is -2.30. The van der Waals surface area contributed by atoms with Crippen LogP contribution in [-0.4, -0.2) is 36.5 Å². The lowest BCUT2D eigenvalue weighted by atomic mass is 10.1. The summed E-state index contributed by atoms with van der Waals surface area (Å²) in [4.78, 5) is 33.6. The van der Waals surface area contributed by atoms with Crippen molar-refractivity contribution < 1.29 is 19.5 Å². The van der Waals surface area contributed by atoms with E-state index in [1.165, 1.54) is 19.2 Å². The summed E-state index contributed by atoms with van der Waals surface area (Å²) in [6.07, 6.45) is 0.150. The van der Waals surface area contributed by atoms with E-state index >= 15 is 0 Å². The fraction of sp³-hybridized carbons (Fsp3) is 0.250. The Balaban J connectivity index is 2.67. The molecule has 96 valence electrons. The summed E-state index contributed by atoms with van der Waals surface area (Å²) in [6.45, 7) is 0.159. The van der Waals surface area contributed by atoms with E-state index in [1.54, 1.807) is 12.1 Å². The Labute approximate surface area is 104 Å². The molecule has 0 aromatic heterocycles. The van der Waals surface area contributed by atoms with Crippen LogP contribution in [0.3, 0.4) is 0 Å². The molecule has 6 heteroatoms. The number of rotatable bonds is 5. The molecular weight excluding hydrogens is 236 g/mol. The number of nitrogens with one attached hydrogen (secondary N) is 2. The maximum atomic E-state index is 11.7. The van der Waals surface area contributed by atoms with Gasteiger partial charge in [0.15, 0.2) is 0 Å². The molecule has 0 unspecified atom stereocenters. The van der Waals surface area contributed by atoms with Crippen molar-refractivity contribution in [3.63, 3.8) is 0 Å². The molecule has 1 aromatic carbocycles. The number of carboxylic acids is 1. The molecule has 0 radical (unpaired) electrons. The predicted molar refractivity (Wildman–Crippen MR) is 64.4 cm³/mol. The first-order chi connectivity index (χ1) is 8.56. The van der Waals surface area contributed by atoms with E-state index in [0.717, 1.165) is 0 Å². The fourth-order valence-electron chi connectivity index (χ4n) is 1.38. The highest BCUT2D eigenvalue weighted by atomic mass is 16.4. The normalized spacial score (nSPS) is 9.61. The van der Waals surface area contributed by atoms with Crippen molar-refractivity contribution in [1.82, 2.24) is 10.6 Å². The van der Waals surface area contributed by atoms with Gasteiger partial charge in [-0.15, -0.1) is 0 Å². The molecule has 6 nitrogen and oxygen atoms in total. The van der Waals surface area contributed by atoms with E-state index in [4.69, 9.17) is 5.11 Å². The third-order valence-corrected chi connectivity index (χ3v) is 2.32. The van der Waals surface area contributed by atoms with E-state index in [2.05, 4.69) is 10.6 Å².